The number of likely N-dealkylation sites (tertiary alicyclic amines) is 1. The molecule has 2 atom stereocenters. The lowest BCUT2D eigenvalue weighted by Gasteiger charge is -2.35. The molecule has 25 heavy (non-hydrogen) atoms. The van der Waals surface area contributed by atoms with Crippen molar-refractivity contribution in [1.82, 2.24) is 14.5 Å². The normalized spacial score (nSPS) is 19.6. The van der Waals surface area contributed by atoms with Crippen LogP contribution in [0.15, 0.2) is 36.7 Å². The number of aromatic nitrogens is 2. The molecule has 1 saturated heterocycles. The van der Waals surface area contributed by atoms with Crippen molar-refractivity contribution >= 4 is 11.6 Å². The van der Waals surface area contributed by atoms with E-state index in [4.69, 9.17) is 0 Å². The first-order valence-corrected chi connectivity index (χ1v) is 8.77. The molecule has 0 spiro atoms. The van der Waals surface area contributed by atoms with Crippen LogP contribution in [0.5, 0.6) is 0 Å². The summed E-state index contributed by atoms with van der Waals surface area (Å²) in [4.78, 5) is 17.8. The van der Waals surface area contributed by atoms with Gasteiger partial charge in [-0.05, 0) is 37.1 Å². The Bertz CT molecular complexity index is 710. The van der Waals surface area contributed by atoms with Crippen molar-refractivity contribution in [2.75, 3.05) is 18.4 Å². The van der Waals surface area contributed by atoms with Crippen LogP contribution in [0, 0.1) is 5.92 Å². The van der Waals surface area contributed by atoms with E-state index in [9.17, 15) is 9.90 Å². The summed E-state index contributed by atoms with van der Waals surface area (Å²) < 4.78 is 1.89. The van der Waals surface area contributed by atoms with Gasteiger partial charge < -0.3 is 15.0 Å². The Kier molecular flexibility index (Phi) is 5.50. The zero-order valence-electron chi connectivity index (χ0n) is 14.9. The molecule has 1 amide bonds. The van der Waals surface area contributed by atoms with Crippen LogP contribution in [0.4, 0.5) is 5.69 Å². The van der Waals surface area contributed by atoms with Gasteiger partial charge in [0.25, 0.3) is 0 Å². The molecule has 2 N–H and O–H groups in total. The maximum Gasteiger partial charge on any atom is 0.221 e. The topological polar surface area (TPSA) is 70.4 Å². The molecular formula is C19H26N4O2. The molecular weight excluding hydrogens is 316 g/mol. The van der Waals surface area contributed by atoms with Crippen LogP contribution < -0.4 is 5.32 Å². The Morgan fingerprint density at radius 1 is 1.40 bits per heavy atom. The lowest BCUT2D eigenvalue weighted by atomic mass is 9.91. The highest BCUT2D eigenvalue weighted by molar-refractivity contribution is 5.88. The molecule has 134 valence electrons. The van der Waals surface area contributed by atoms with Crippen molar-refractivity contribution in [2.24, 2.45) is 13.0 Å². The molecule has 6 nitrogen and oxygen atoms in total. The van der Waals surface area contributed by atoms with Crippen molar-refractivity contribution in [3.63, 3.8) is 0 Å². The second kappa shape index (κ2) is 7.80. The summed E-state index contributed by atoms with van der Waals surface area (Å²) in [5.74, 6) is 0.884. The first kappa shape index (κ1) is 17.6. The number of nitrogens with one attached hydrogen (secondary N) is 1. The minimum absolute atomic E-state index is 0.0603. The van der Waals surface area contributed by atoms with E-state index in [0.717, 1.165) is 44.0 Å². The van der Waals surface area contributed by atoms with Gasteiger partial charge in [0.2, 0.25) is 5.91 Å². The Labute approximate surface area is 148 Å². The number of aliphatic hydroxyl groups is 1. The average molecular weight is 342 g/mol. The van der Waals surface area contributed by atoms with Crippen LogP contribution in [0.1, 0.15) is 37.3 Å². The van der Waals surface area contributed by atoms with Gasteiger partial charge in [-0.25, -0.2) is 4.98 Å². The second-order valence-corrected chi connectivity index (χ2v) is 6.86. The molecule has 2 unspecified atom stereocenters. The Balaban J connectivity index is 1.60. The number of aryl methyl sites for hydroxylation is 1. The third kappa shape index (κ3) is 4.46. The summed E-state index contributed by atoms with van der Waals surface area (Å²) in [6, 6.07) is 7.95. The predicted molar refractivity (Wildman–Crippen MR) is 96.9 cm³/mol. The molecule has 6 heteroatoms. The summed E-state index contributed by atoms with van der Waals surface area (Å²) in [6.45, 7) is 4.26. The Hall–Kier alpha value is -2.18. The first-order valence-electron chi connectivity index (χ1n) is 8.77. The van der Waals surface area contributed by atoms with E-state index in [1.165, 1.54) is 12.5 Å². The number of anilines is 1. The number of piperidine rings is 1. The highest BCUT2D eigenvalue weighted by atomic mass is 16.3. The minimum atomic E-state index is -0.523. The van der Waals surface area contributed by atoms with Gasteiger partial charge in [-0.2, -0.15) is 0 Å². The number of carbonyl (C=O) groups is 1. The highest BCUT2D eigenvalue weighted by Crippen LogP contribution is 2.29. The molecule has 2 heterocycles. The number of benzene rings is 1. The third-order valence-electron chi connectivity index (χ3n) is 4.79. The van der Waals surface area contributed by atoms with Crippen LogP contribution in [0.25, 0.3) is 0 Å². The number of amides is 1. The van der Waals surface area contributed by atoms with Crippen molar-refractivity contribution in [1.29, 1.82) is 0 Å². The first-order chi connectivity index (χ1) is 12.0. The summed E-state index contributed by atoms with van der Waals surface area (Å²) in [7, 11) is 1.92. The molecule has 1 aromatic heterocycles. The smallest absolute Gasteiger partial charge is 0.221 e. The number of hydrogen-bond acceptors (Lipinski definition) is 4. The van der Waals surface area contributed by atoms with Crippen LogP contribution in [0.2, 0.25) is 0 Å². The quantitative estimate of drug-likeness (QED) is 0.875. The lowest BCUT2D eigenvalue weighted by molar-refractivity contribution is -0.114. The van der Waals surface area contributed by atoms with E-state index in [0.29, 0.717) is 0 Å². The monoisotopic (exact) mass is 342 g/mol. The summed E-state index contributed by atoms with van der Waals surface area (Å²) in [5.41, 5.74) is 2.03. The standard InChI is InChI=1S/C19H26N4O2/c1-14(24)21-17-7-5-15(6-8-17)12-23-10-3-4-16(13-23)18(25)19-20-9-11-22(19)2/h5-9,11,16,18,25H,3-4,10,12-13H2,1-2H3,(H,21,24). The number of imidazole rings is 1. The van der Waals surface area contributed by atoms with Gasteiger partial charge in [0.1, 0.15) is 11.9 Å². The van der Waals surface area contributed by atoms with Crippen LogP contribution in [-0.4, -0.2) is 38.6 Å². The van der Waals surface area contributed by atoms with E-state index in [1.807, 2.05) is 42.1 Å². The van der Waals surface area contributed by atoms with Crippen molar-refractivity contribution in [2.45, 2.75) is 32.4 Å². The van der Waals surface area contributed by atoms with E-state index in [1.54, 1.807) is 6.20 Å². The van der Waals surface area contributed by atoms with E-state index >= 15 is 0 Å². The average Bonchev–Trinajstić information content (AvgIpc) is 3.02. The van der Waals surface area contributed by atoms with Crippen LogP contribution in [-0.2, 0) is 18.4 Å². The summed E-state index contributed by atoms with van der Waals surface area (Å²) in [6.07, 6.45) is 5.18. The number of nitrogens with zero attached hydrogens (tertiary/aromatic N) is 3. The molecule has 1 aliphatic rings. The Morgan fingerprint density at radius 3 is 2.80 bits per heavy atom. The number of carbonyl (C=O) groups excluding carboxylic acids is 1. The molecule has 0 bridgehead atoms. The van der Waals surface area contributed by atoms with Gasteiger partial charge in [-0.15, -0.1) is 0 Å². The van der Waals surface area contributed by atoms with Gasteiger partial charge in [-0.3, -0.25) is 9.69 Å². The molecule has 1 aromatic carbocycles. The van der Waals surface area contributed by atoms with Gasteiger partial charge in [-0.1, -0.05) is 12.1 Å². The van der Waals surface area contributed by atoms with Crippen LogP contribution in [0.3, 0.4) is 0 Å². The fourth-order valence-corrected chi connectivity index (χ4v) is 3.52. The van der Waals surface area contributed by atoms with Crippen LogP contribution >= 0.6 is 0 Å². The molecule has 0 saturated carbocycles. The van der Waals surface area contributed by atoms with Gasteiger partial charge in [0, 0.05) is 51.1 Å². The second-order valence-electron chi connectivity index (χ2n) is 6.86. The largest absolute Gasteiger partial charge is 0.385 e. The molecule has 1 aliphatic heterocycles. The van der Waals surface area contributed by atoms with E-state index < -0.39 is 6.10 Å². The lowest BCUT2D eigenvalue weighted by Crippen LogP contribution is -2.37. The predicted octanol–water partition coefficient (Wildman–Crippen LogP) is 2.32. The number of rotatable bonds is 5. The highest BCUT2D eigenvalue weighted by Gasteiger charge is 2.29. The van der Waals surface area contributed by atoms with Crippen molar-refractivity contribution < 1.29 is 9.90 Å². The minimum Gasteiger partial charge on any atom is -0.385 e. The Morgan fingerprint density at radius 2 is 2.16 bits per heavy atom. The number of aliphatic hydroxyl groups excluding tert-OH is 1. The molecule has 0 radical (unpaired) electrons. The molecule has 2 aromatic rings. The van der Waals surface area contributed by atoms with E-state index in [2.05, 4.69) is 15.2 Å². The van der Waals surface area contributed by atoms with Crippen molar-refractivity contribution in [3.05, 3.63) is 48.0 Å². The molecule has 1 fully saturated rings. The molecule has 0 aliphatic carbocycles. The fraction of sp³-hybridized carbons (Fsp3) is 0.474. The van der Waals surface area contributed by atoms with Gasteiger partial charge >= 0.3 is 0 Å². The zero-order valence-corrected chi connectivity index (χ0v) is 14.9. The van der Waals surface area contributed by atoms with Gasteiger partial charge in [0.05, 0.1) is 0 Å². The third-order valence-corrected chi connectivity index (χ3v) is 4.79. The zero-order chi connectivity index (χ0) is 17.8. The SMILES string of the molecule is CC(=O)Nc1ccc(CN2CCCC(C(O)c3nccn3C)C2)cc1. The maximum atomic E-state index is 11.1. The van der Waals surface area contributed by atoms with Crippen molar-refractivity contribution in [3.8, 4) is 0 Å². The van der Waals surface area contributed by atoms with E-state index in [-0.39, 0.29) is 11.8 Å². The molecule has 3 rings (SSSR count). The summed E-state index contributed by atoms with van der Waals surface area (Å²) >= 11 is 0. The summed E-state index contributed by atoms with van der Waals surface area (Å²) in [5, 5.41) is 13.5. The van der Waals surface area contributed by atoms with Gasteiger partial charge in [0.15, 0.2) is 0 Å². The fourth-order valence-electron chi connectivity index (χ4n) is 3.52. The maximum absolute atomic E-state index is 11.1. The number of hydrogen-bond donors (Lipinski definition) is 2.